The monoisotopic (exact) mass is 1350 g/mol. The molecule has 2 saturated carbocycles. The number of nitrogens with one attached hydrogen (secondary N) is 2. The van der Waals surface area contributed by atoms with Gasteiger partial charge in [-0.05, 0) is 166 Å². The minimum Gasteiger partial charge on any atom is -0.444 e. The van der Waals surface area contributed by atoms with Gasteiger partial charge in [0.15, 0.2) is 5.75 Å². The molecule has 554 valence electrons. The van der Waals surface area contributed by atoms with Crippen LogP contribution >= 0.6 is 0 Å². The average Bonchev–Trinajstić information content (AvgIpc) is 1.02. The number of rotatable bonds is 23. The Kier molecular flexibility index (Phi) is 53.2. The van der Waals surface area contributed by atoms with E-state index in [4.69, 9.17) is 14.4 Å². The zero-order valence-electron chi connectivity index (χ0n) is 65.6. The highest BCUT2D eigenvalue weighted by molar-refractivity contribution is 5.75. The van der Waals surface area contributed by atoms with E-state index in [0.29, 0.717) is 72.6 Å². The quantitative estimate of drug-likeness (QED) is 0.0602. The van der Waals surface area contributed by atoms with E-state index >= 15 is 0 Å². The number of aliphatic imine (C=N–C) groups is 1. The summed E-state index contributed by atoms with van der Waals surface area (Å²) in [4.78, 5) is 41.7. The molecule has 96 heavy (non-hydrogen) atoms. The molecule has 1 aromatic carbocycles. The van der Waals surface area contributed by atoms with Gasteiger partial charge in [-0.3, -0.25) is 25.0 Å². The van der Waals surface area contributed by atoms with Crippen molar-refractivity contribution in [3.05, 3.63) is 30.3 Å². The van der Waals surface area contributed by atoms with Crippen LogP contribution in [0.1, 0.15) is 231 Å². The molecule has 6 rings (SSSR count). The third-order valence-corrected chi connectivity index (χ3v) is 12.7. The molecule has 0 radical (unpaired) electrons. The third-order valence-electron chi connectivity index (χ3n) is 12.7. The number of oxime groups is 2. The van der Waals surface area contributed by atoms with Crippen LogP contribution in [0.3, 0.4) is 0 Å². The molecule has 2 N–H and O–H groups in total. The number of para-hydroxylation sites is 1. The lowest BCUT2D eigenvalue weighted by atomic mass is 10.1. The number of carbonyl (C=O) groups excluding carboxylic acids is 2. The molecule has 0 bridgehead atoms. The lowest BCUT2D eigenvalue weighted by Crippen LogP contribution is -2.54. The van der Waals surface area contributed by atoms with Crippen LogP contribution in [0.15, 0.2) is 71.1 Å². The van der Waals surface area contributed by atoms with Gasteiger partial charge in [0, 0.05) is 120 Å². The van der Waals surface area contributed by atoms with Crippen molar-refractivity contribution in [3.63, 3.8) is 0 Å². The summed E-state index contributed by atoms with van der Waals surface area (Å²) in [7, 11) is 0. The number of urea groups is 1. The van der Waals surface area contributed by atoms with Gasteiger partial charge in [0.1, 0.15) is 11.7 Å². The van der Waals surface area contributed by atoms with E-state index in [0.717, 1.165) is 77.7 Å². The van der Waals surface area contributed by atoms with Crippen molar-refractivity contribution >= 4 is 61.8 Å². The van der Waals surface area contributed by atoms with Crippen LogP contribution in [0.25, 0.3) is 0 Å². The maximum absolute atomic E-state index is 11.9. The fourth-order valence-electron chi connectivity index (χ4n) is 7.18. The Labute approximate surface area is 587 Å². The largest absolute Gasteiger partial charge is 0.444 e. The van der Waals surface area contributed by atoms with Gasteiger partial charge in [-0.15, -0.1) is 0 Å². The van der Waals surface area contributed by atoms with Crippen molar-refractivity contribution in [3.8, 4) is 5.75 Å². The Balaban J connectivity index is 0. The summed E-state index contributed by atoms with van der Waals surface area (Å²) < 4.78 is 5.34. The van der Waals surface area contributed by atoms with Crippen molar-refractivity contribution in [2.75, 3.05) is 85.1 Å². The highest BCUT2D eigenvalue weighted by Crippen LogP contribution is 2.23. The summed E-state index contributed by atoms with van der Waals surface area (Å²) in [5, 5.41) is 40.4. The highest BCUT2D eigenvalue weighted by atomic mass is 16.6. The molecule has 5 fully saturated rings. The van der Waals surface area contributed by atoms with Gasteiger partial charge in [-0.2, -0.15) is 25.5 Å². The number of benzene rings is 1. The van der Waals surface area contributed by atoms with E-state index in [9.17, 15) is 9.59 Å². The first kappa shape index (κ1) is 91.8. The second kappa shape index (κ2) is 55.7. The molecule has 21 nitrogen and oxygen atoms in total. The number of carbonyl (C=O) groups is 2. The molecule has 3 saturated heterocycles. The van der Waals surface area contributed by atoms with Crippen molar-refractivity contribution in [2.24, 2.45) is 88.2 Å². The SMILES string of the molecule is CC(C)/C=N/N1CCCCC1.CC(C)/C=N/N1CCN(C(=O)NC(C)(C)C)CC1.CC(C)/C=N/N1CCN(C(=O)OC(C)(C)C)CC1.CC(C)/C=N/NC1CC1.CC(C)/C=N/OC1CC1.CC(C)/C=N/Oc1ccccc1.CCCCN=CC(C)C.CCN(CC)/N=C/C(C)C. The van der Waals surface area contributed by atoms with E-state index in [1.165, 1.54) is 57.8 Å². The number of hydrazone groups is 5. The third kappa shape index (κ3) is 63.8. The van der Waals surface area contributed by atoms with Crippen LogP contribution in [0.4, 0.5) is 9.59 Å². The number of nitrogens with zero attached hydrogens (tertiary/aromatic N) is 14. The molecule has 5 aliphatic rings. The molecular weight excluding hydrogens is 1200 g/mol. The molecular formula is C75H144N16O5. The molecule has 3 aliphatic heterocycles. The van der Waals surface area contributed by atoms with Crippen molar-refractivity contribution < 1.29 is 24.0 Å². The van der Waals surface area contributed by atoms with Crippen LogP contribution in [0.2, 0.25) is 0 Å². The first-order valence-electron chi connectivity index (χ1n) is 36.6. The van der Waals surface area contributed by atoms with E-state index in [2.05, 4.69) is 188 Å². The Bertz CT molecular complexity index is 2170. The number of piperidine rings is 1. The van der Waals surface area contributed by atoms with E-state index in [1.54, 1.807) is 11.1 Å². The second-order valence-electron chi connectivity index (χ2n) is 29.5. The van der Waals surface area contributed by atoms with Gasteiger partial charge in [-0.1, -0.05) is 153 Å². The van der Waals surface area contributed by atoms with Gasteiger partial charge < -0.3 is 35.0 Å². The molecule has 0 spiro atoms. The predicted molar refractivity (Wildman–Crippen MR) is 413 cm³/mol. The zero-order chi connectivity index (χ0) is 72.9. The average molecular weight is 1350 g/mol. The summed E-state index contributed by atoms with van der Waals surface area (Å²) in [5.41, 5.74) is 2.45. The summed E-state index contributed by atoms with van der Waals surface area (Å²) in [5.74, 6) is 4.93. The topological polar surface area (TPSA) is 204 Å². The van der Waals surface area contributed by atoms with Crippen LogP contribution in [-0.2, 0) is 9.57 Å². The Morgan fingerprint density at radius 1 is 0.531 bits per heavy atom. The van der Waals surface area contributed by atoms with Gasteiger partial charge in [-0.25, -0.2) is 9.59 Å². The lowest BCUT2D eigenvalue weighted by molar-refractivity contribution is 0.0147. The number of unbranched alkanes of at least 4 members (excludes halogenated alkanes) is 1. The van der Waals surface area contributed by atoms with Gasteiger partial charge in [0.25, 0.3) is 0 Å². The Hall–Kier alpha value is -6.28. The van der Waals surface area contributed by atoms with Crippen molar-refractivity contribution in [2.45, 2.75) is 254 Å². The van der Waals surface area contributed by atoms with E-state index in [1.807, 2.05) is 135 Å². The van der Waals surface area contributed by atoms with E-state index < -0.39 is 5.60 Å². The number of hydrogen-bond acceptors (Lipinski definition) is 18. The molecule has 2 aliphatic carbocycles. The van der Waals surface area contributed by atoms with Gasteiger partial charge in [0.05, 0.1) is 26.2 Å². The first-order chi connectivity index (χ1) is 45.2. The van der Waals surface area contributed by atoms with Gasteiger partial charge in [0.2, 0.25) is 0 Å². The Morgan fingerprint density at radius 2 is 0.969 bits per heavy atom. The molecule has 0 atom stereocenters. The fourth-order valence-corrected chi connectivity index (χ4v) is 7.18. The minimum atomic E-state index is -0.427. The van der Waals surface area contributed by atoms with Gasteiger partial charge >= 0.3 is 12.1 Å². The number of amides is 3. The minimum absolute atomic E-state index is 0.0231. The second-order valence-corrected chi connectivity index (χ2v) is 29.5. The summed E-state index contributed by atoms with van der Waals surface area (Å²) in [6.07, 6.45) is 27.1. The Morgan fingerprint density at radius 3 is 1.36 bits per heavy atom. The van der Waals surface area contributed by atoms with Crippen LogP contribution in [0, 0.1) is 47.3 Å². The van der Waals surface area contributed by atoms with Crippen LogP contribution < -0.4 is 15.6 Å². The number of ether oxygens (including phenoxy) is 1. The molecule has 1 aromatic rings. The van der Waals surface area contributed by atoms with E-state index in [-0.39, 0.29) is 17.7 Å². The fraction of sp³-hybridized carbons (Fsp3) is 0.787. The summed E-state index contributed by atoms with van der Waals surface area (Å²) in [6, 6.07) is 10.2. The zero-order valence-corrected chi connectivity index (χ0v) is 65.6. The van der Waals surface area contributed by atoms with Crippen molar-refractivity contribution in [1.82, 2.24) is 40.6 Å². The highest BCUT2D eigenvalue weighted by Gasteiger charge is 2.26. The number of piperazine rings is 2. The van der Waals surface area contributed by atoms with Crippen LogP contribution in [0.5, 0.6) is 5.75 Å². The summed E-state index contributed by atoms with van der Waals surface area (Å²) in [6.45, 7) is 63.1. The molecule has 3 heterocycles. The molecule has 3 amide bonds. The molecule has 21 heteroatoms. The first-order valence-corrected chi connectivity index (χ1v) is 36.6. The molecule has 0 unspecified atom stereocenters. The smallest absolute Gasteiger partial charge is 0.410 e. The standard InChI is InChI=1S/C13H26N4O.C13H25N3O2.C10H13NO.C9H18N2.C8H18N2.C8H17N.C7H14N2.C7H13NO/c1-11(2)10-14-17-8-6-16(7-9-17)12(18)15-13(3,4)5;1-11(2)10-14-16-8-6-15(7-9-16)12(17)18-13(3,4)5;1-9(2)8-11-12-10-6-4-3-5-7-10;1-9(2)8-10-11-6-4-3-5-7-11;1-5-10(6-2)9-7-8(3)4;1-4-5-6-9-7-8(2)3;2*1-6(2)5-8-9-7-3-4-7/h10-11H,6-9H2,1-5H3,(H,15,18);10-11H,6-9H2,1-5H3;3-9H,1-2H3;8-9H,3-7H2,1-2H3;7-8H,5-6H2,1-4H3;7-8H,4-6H2,1-3H3;5-7,9H,3-4H2,1-2H3;5-7H,3-4H2,1-2H3/b2*14-10+;11-8+;10-8+;9-7+;;2*8-5+. The normalized spacial score (nSPS) is 16.2. The predicted octanol–water partition coefficient (Wildman–Crippen LogP) is 16.4. The maximum atomic E-state index is 11.9. The summed E-state index contributed by atoms with van der Waals surface area (Å²) >= 11 is 0. The maximum Gasteiger partial charge on any atom is 0.410 e. The lowest BCUT2D eigenvalue weighted by Gasteiger charge is -2.35. The van der Waals surface area contributed by atoms with Crippen LogP contribution in [-0.4, -0.2) is 200 Å². The number of hydrogen-bond donors (Lipinski definition) is 2. The molecule has 0 aromatic heterocycles. The van der Waals surface area contributed by atoms with Crippen molar-refractivity contribution in [1.29, 1.82) is 0 Å².